The highest BCUT2D eigenvalue weighted by Crippen LogP contribution is 2.36. The molecule has 0 bridgehead atoms. The zero-order valence-corrected chi connectivity index (χ0v) is 18.0. The minimum Gasteiger partial charge on any atom is -0.381 e. The number of rotatable bonds is 5. The quantitative estimate of drug-likeness (QED) is 0.593. The van der Waals surface area contributed by atoms with Crippen LogP contribution < -0.4 is 5.32 Å². The van der Waals surface area contributed by atoms with Gasteiger partial charge in [-0.2, -0.15) is 0 Å². The van der Waals surface area contributed by atoms with E-state index in [1.54, 1.807) is 11.0 Å². The number of benzene rings is 2. The normalized spacial score (nSPS) is 15.8. The van der Waals surface area contributed by atoms with Crippen molar-refractivity contribution in [3.8, 4) is 0 Å². The molecule has 1 saturated heterocycles. The van der Waals surface area contributed by atoms with E-state index in [1.807, 2.05) is 48.5 Å². The molecular formula is C21H20BrClN4O2. The predicted molar refractivity (Wildman–Crippen MR) is 115 cm³/mol. The van der Waals surface area contributed by atoms with Crippen LogP contribution in [-0.4, -0.2) is 33.9 Å². The lowest BCUT2D eigenvalue weighted by Gasteiger charge is -2.35. The summed E-state index contributed by atoms with van der Waals surface area (Å²) < 4.78 is 8.24. The number of hydrogen-bond acceptors (Lipinski definition) is 4. The molecule has 1 aliphatic rings. The number of anilines is 1. The first kappa shape index (κ1) is 20.1. The summed E-state index contributed by atoms with van der Waals surface area (Å²) in [6, 6.07) is 15.4. The van der Waals surface area contributed by atoms with Gasteiger partial charge in [0.2, 0.25) is 11.9 Å². The van der Waals surface area contributed by atoms with E-state index in [1.165, 1.54) is 0 Å². The Labute approximate surface area is 182 Å². The maximum Gasteiger partial charge on any atom is 0.248 e. The second-order valence-electron chi connectivity index (χ2n) is 7.05. The van der Waals surface area contributed by atoms with Gasteiger partial charge in [0.25, 0.3) is 0 Å². The standard InChI is InChI=1S/C21H20BrClN4O2/c22-17-5-1-15(2-6-17)13-27-14-24-20(26-27)25-19(28)21(9-11-29-12-10-21)16-3-7-18(23)8-4-16/h1-8,14H,9-13H2,(H,25,26,28). The van der Waals surface area contributed by atoms with Crippen LogP contribution in [0.4, 0.5) is 5.95 Å². The summed E-state index contributed by atoms with van der Waals surface area (Å²) in [6.07, 6.45) is 2.82. The van der Waals surface area contributed by atoms with Gasteiger partial charge in [-0.1, -0.05) is 51.8 Å². The third-order valence-corrected chi connectivity index (χ3v) is 5.98. The smallest absolute Gasteiger partial charge is 0.248 e. The van der Waals surface area contributed by atoms with E-state index in [0.29, 0.717) is 43.6 Å². The Morgan fingerprint density at radius 2 is 1.83 bits per heavy atom. The molecule has 0 unspecified atom stereocenters. The first-order valence-corrected chi connectivity index (χ1v) is 10.5. The monoisotopic (exact) mass is 474 g/mol. The fraction of sp³-hybridized carbons (Fsp3) is 0.286. The average Bonchev–Trinajstić information content (AvgIpc) is 3.17. The Kier molecular flexibility index (Phi) is 5.99. The lowest BCUT2D eigenvalue weighted by Crippen LogP contribution is -2.45. The zero-order valence-electron chi connectivity index (χ0n) is 15.6. The Balaban J connectivity index is 1.51. The molecule has 0 radical (unpaired) electrons. The summed E-state index contributed by atoms with van der Waals surface area (Å²) in [4.78, 5) is 17.5. The van der Waals surface area contributed by atoms with Gasteiger partial charge < -0.3 is 4.74 Å². The Morgan fingerprint density at radius 1 is 1.14 bits per heavy atom. The number of carbonyl (C=O) groups excluding carboxylic acids is 1. The summed E-state index contributed by atoms with van der Waals surface area (Å²) in [5.41, 5.74) is 1.34. The number of nitrogens with zero attached hydrogens (tertiary/aromatic N) is 3. The second-order valence-corrected chi connectivity index (χ2v) is 8.40. The van der Waals surface area contributed by atoms with E-state index in [9.17, 15) is 4.79 Å². The first-order valence-electron chi connectivity index (χ1n) is 9.34. The van der Waals surface area contributed by atoms with Gasteiger partial charge in [-0.3, -0.25) is 10.1 Å². The highest BCUT2D eigenvalue weighted by atomic mass is 79.9. The lowest BCUT2D eigenvalue weighted by molar-refractivity contribution is -0.125. The van der Waals surface area contributed by atoms with Crippen molar-refractivity contribution in [2.45, 2.75) is 24.8 Å². The van der Waals surface area contributed by atoms with Crippen LogP contribution in [0.5, 0.6) is 0 Å². The van der Waals surface area contributed by atoms with Crippen molar-refractivity contribution in [1.29, 1.82) is 0 Å². The molecule has 0 spiro atoms. The molecule has 2 heterocycles. The molecule has 6 nitrogen and oxygen atoms in total. The van der Waals surface area contributed by atoms with Gasteiger partial charge in [0.05, 0.1) is 12.0 Å². The number of halogens is 2. The van der Waals surface area contributed by atoms with Crippen LogP contribution in [0.25, 0.3) is 0 Å². The molecule has 1 aliphatic heterocycles. The van der Waals surface area contributed by atoms with E-state index in [4.69, 9.17) is 16.3 Å². The third kappa shape index (κ3) is 4.52. The van der Waals surface area contributed by atoms with Crippen molar-refractivity contribution < 1.29 is 9.53 Å². The van der Waals surface area contributed by atoms with Gasteiger partial charge in [0.1, 0.15) is 6.33 Å². The largest absolute Gasteiger partial charge is 0.381 e. The van der Waals surface area contributed by atoms with Crippen LogP contribution >= 0.6 is 27.5 Å². The van der Waals surface area contributed by atoms with Crippen molar-refractivity contribution in [3.05, 3.63) is 75.5 Å². The van der Waals surface area contributed by atoms with Crippen LogP contribution in [0.1, 0.15) is 24.0 Å². The third-order valence-electron chi connectivity index (χ3n) is 5.20. The molecule has 1 N–H and O–H groups in total. The fourth-order valence-electron chi connectivity index (χ4n) is 3.56. The Hall–Kier alpha value is -2.22. The number of nitrogens with one attached hydrogen (secondary N) is 1. The van der Waals surface area contributed by atoms with Gasteiger partial charge >= 0.3 is 0 Å². The minimum absolute atomic E-state index is 0.121. The van der Waals surface area contributed by atoms with Gasteiger partial charge in [-0.05, 0) is 48.2 Å². The first-order chi connectivity index (χ1) is 14.0. The highest BCUT2D eigenvalue weighted by molar-refractivity contribution is 9.10. The van der Waals surface area contributed by atoms with Crippen molar-refractivity contribution in [3.63, 3.8) is 0 Å². The van der Waals surface area contributed by atoms with Crippen molar-refractivity contribution in [1.82, 2.24) is 14.8 Å². The summed E-state index contributed by atoms with van der Waals surface area (Å²) >= 11 is 9.46. The van der Waals surface area contributed by atoms with E-state index < -0.39 is 5.41 Å². The lowest BCUT2D eigenvalue weighted by atomic mass is 9.73. The molecule has 0 saturated carbocycles. The van der Waals surface area contributed by atoms with Crippen LogP contribution in [0.2, 0.25) is 5.02 Å². The van der Waals surface area contributed by atoms with Gasteiger partial charge in [-0.25, -0.2) is 9.67 Å². The highest BCUT2D eigenvalue weighted by Gasteiger charge is 2.42. The average molecular weight is 476 g/mol. The molecule has 150 valence electrons. The molecule has 2 aromatic carbocycles. The second kappa shape index (κ2) is 8.65. The topological polar surface area (TPSA) is 69.0 Å². The zero-order chi connectivity index (χ0) is 20.3. The van der Waals surface area contributed by atoms with Gasteiger partial charge in [-0.15, -0.1) is 5.10 Å². The molecule has 8 heteroatoms. The van der Waals surface area contributed by atoms with Crippen LogP contribution in [0.3, 0.4) is 0 Å². The van der Waals surface area contributed by atoms with E-state index in [-0.39, 0.29) is 5.91 Å². The molecule has 0 aliphatic carbocycles. The van der Waals surface area contributed by atoms with E-state index >= 15 is 0 Å². The predicted octanol–water partition coefficient (Wildman–Crippen LogP) is 4.43. The molecule has 4 rings (SSSR count). The van der Waals surface area contributed by atoms with Crippen molar-refractivity contribution >= 4 is 39.4 Å². The number of amides is 1. The van der Waals surface area contributed by atoms with E-state index in [0.717, 1.165) is 15.6 Å². The summed E-state index contributed by atoms with van der Waals surface area (Å²) in [5.74, 6) is 0.177. The summed E-state index contributed by atoms with van der Waals surface area (Å²) in [6.45, 7) is 1.63. The maximum atomic E-state index is 13.3. The Morgan fingerprint density at radius 3 is 2.52 bits per heavy atom. The molecule has 29 heavy (non-hydrogen) atoms. The molecule has 0 atom stereocenters. The summed E-state index contributed by atoms with van der Waals surface area (Å²) in [7, 11) is 0. The van der Waals surface area contributed by atoms with E-state index in [2.05, 4.69) is 31.3 Å². The number of carbonyl (C=O) groups is 1. The SMILES string of the molecule is O=C(Nc1ncn(Cc2ccc(Br)cc2)n1)C1(c2ccc(Cl)cc2)CCOCC1. The van der Waals surface area contributed by atoms with Crippen molar-refractivity contribution in [2.24, 2.45) is 0 Å². The fourth-order valence-corrected chi connectivity index (χ4v) is 3.95. The maximum absolute atomic E-state index is 13.3. The summed E-state index contributed by atoms with van der Waals surface area (Å²) in [5, 5.41) is 7.96. The van der Waals surface area contributed by atoms with Gasteiger partial charge in [0, 0.05) is 22.7 Å². The number of aromatic nitrogens is 3. The molecule has 1 fully saturated rings. The van der Waals surface area contributed by atoms with Crippen molar-refractivity contribution in [2.75, 3.05) is 18.5 Å². The Bertz CT molecular complexity index is 983. The van der Waals surface area contributed by atoms with Gasteiger partial charge in [0.15, 0.2) is 0 Å². The number of ether oxygens (including phenoxy) is 1. The number of hydrogen-bond donors (Lipinski definition) is 1. The van der Waals surface area contributed by atoms with Crippen LogP contribution in [-0.2, 0) is 21.5 Å². The molecular weight excluding hydrogens is 456 g/mol. The van der Waals surface area contributed by atoms with Crippen LogP contribution in [0.15, 0.2) is 59.3 Å². The van der Waals surface area contributed by atoms with Crippen LogP contribution in [0, 0.1) is 0 Å². The molecule has 1 amide bonds. The molecule has 3 aromatic rings. The minimum atomic E-state index is -0.681. The molecule has 1 aromatic heterocycles.